The second-order valence-electron chi connectivity index (χ2n) is 5.27. The molecule has 0 radical (unpaired) electrons. The third-order valence-electron chi connectivity index (χ3n) is 3.37. The van der Waals surface area contributed by atoms with Gasteiger partial charge < -0.3 is 10.6 Å². The Labute approximate surface area is 127 Å². The second kappa shape index (κ2) is 7.45. The predicted molar refractivity (Wildman–Crippen MR) is 86.6 cm³/mol. The van der Waals surface area contributed by atoms with Crippen LogP contribution in [0.25, 0.3) is 0 Å². The van der Waals surface area contributed by atoms with Crippen molar-refractivity contribution in [2.24, 2.45) is 0 Å². The molecule has 0 heterocycles. The van der Waals surface area contributed by atoms with Crippen molar-refractivity contribution in [3.8, 4) is 0 Å². The lowest BCUT2D eigenvalue weighted by Gasteiger charge is -2.14. The number of anilines is 1. The van der Waals surface area contributed by atoms with Crippen molar-refractivity contribution in [1.82, 2.24) is 5.32 Å². The van der Waals surface area contributed by atoms with Crippen LogP contribution in [0.5, 0.6) is 0 Å². The van der Waals surface area contributed by atoms with Crippen LogP contribution in [0.4, 0.5) is 5.69 Å². The van der Waals surface area contributed by atoms with Gasteiger partial charge in [0.05, 0.1) is 16.6 Å². The van der Waals surface area contributed by atoms with E-state index < -0.39 is 9.84 Å². The summed E-state index contributed by atoms with van der Waals surface area (Å²) >= 11 is 0. The lowest BCUT2D eigenvalue weighted by molar-refractivity contribution is 0.0963. The second-order valence-corrected chi connectivity index (χ2v) is 7.95. The molecule has 0 fully saturated rings. The number of carbonyl (C=O) groups excluding carboxylic acids is 1. The number of benzene rings is 1. The first-order valence-corrected chi connectivity index (χ1v) is 8.78. The first-order valence-electron chi connectivity index (χ1n) is 7.06. The van der Waals surface area contributed by atoms with E-state index in [1.54, 1.807) is 20.9 Å². The Morgan fingerprint density at radius 3 is 2.52 bits per heavy atom. The van der Waals surface area contributed by atoms with Gasteiger partial charge in [-0.2, -0.15) is 0 Å². The van der Waals surface area contributed by atoms with E-state index >= 15 is 0 Å². The number of nitrogens with one attached hydrogen (secondary N) is 2. The highest BCUT2D eigenvalue weighted by Crippen LogP contribution is 2.19. The van der Waals surface area contributed by atoms with Crippen LogP contribution in [-0.2, 0) is 9.84 Å². The predicted octanol–water partition coefficient (Wildman–Crippen LogP) is 1.98. The third kappa shape index (κ3) is 4.74. The standard InChI is InChI=1S/C15H24N2O3S/c1-11(2)21(19,20)10-6-9-17-13-8-5-7-12(3)14(13)15(18)16-4/h5,7-8,11,17H,6,9-10H2,1-4H3,(H,16,18). The van der Waals surface area contributed by atoms with E-state index in [4.69, 9.17) is 0 Å². The average molecular weight is 312 g/mol. The zero-order valence-corrected chi connectivity index (χ0v) is 13.9. The fourth-order valence-electron chi connectivity index (χ4n) is 1.97. The zero-order valence-electron chi connectivity index (χ0n) is 13.1. The van der Waals surface area contributed by atoms with Crippen LogP contribution in [-0.4, -0.2) is 38.9 Å². The van der Waals surface area contributed by atoms with Gasteiger partial charge in [0.25, 0.3) is 5.91 Å². The van der Waals surface area contributed by atoms with Crippen LogP contribution in [0.3, 0.4) is 0 Å². The number of sulfone groups is 1. The van der Waals surface area contributed by atoms with Crippen LogP contribution in [0.15, 0.2) is 18.2 Å². The molecule has 0 aliphatic carbocycles. The van der Waals surface area contributed by atoms with E-state index in [0.29, 0.717) is 18.5 Å². The number of rotatable bonds is 7. The third-order valence-corrected chi connectivity index (χ3v) is 5.66. The maximum absolute atomic E-state index is 11.9. The summed E-state index contributed by atoms with van der Waals surface area (Å²) < 4.78 is 23.5. The molecule has 0 unspecified atom stereocenters. The van der Waals surface area contributed by atoms with Gasteiger partial charge in [0.15, 0.2) is 9.84 Å². The molecule has 0 saturated heterocycles. The maximum Gasteiger partial charge on any atom is 0.253 e. The molecular formula is C15H24N2O3S. The molecule has 2 N–H and O–H groups in total. The molecule has 1 aromatic carbocycles. The van der Waals surface area contributed by atoms with Crippen molar-refractivity contribution in [2.75, 3.05) is 24.7 Å². The zero-order chi connectivity index (χ0) is 16.0. The highest BCUT2D eigenvalue weighted by molar-refractivity contribution is 7.91. The Balaban J connectivity index is 2.69. The minimum atomic E-state index is -3.01. The molecule has 0 saturated carbocycles. The van der Waals surface area contributed by atoms with Crippen molar-refractivity contribution in [3.05, 3.63) is 29.3 Å². The molecule has 6 heteroatoms. The fraction of sp³-hybridized carbons (Fsp3) is 0.533. The maximum atomic E-state index is 11.9. The van der Waals surface area contributed by atoms with Gasteiger partial charge in [0.1, 0.15) is 0 Å². The molecule has 0 aliphatic rings. The lowest BCUT2D eigenvalue weighted by atomic mass is 10.1. The van der Waals surface area contributed by atoms with Crippen molar-refractivity contribution < 1.29 is 13.2 Å². The number of carbonyl (C=O) groups is 1. The normalized spacial score (nSPS) is 11.5. The average Bonchev–Trinajstić information content (AvgIpc) is 2.42. The molecule has 0 aliphatic heterocycles. The Kier molecular flexibility index (Phi) is 6.20. The summed E-state index contributed by atoms with van der Waals surface area (Å²) in [5, 5.41) is 5.42. The van der Waals surface area contributed by atoms with Crippen LogP contribution in [0.2, 0.25) is 0 Å². The van der Waals surface area contributed by atoms with Gasteiger partial charge in [-0.15, -0.1) is 0 Å². The van der Waals surface area contributed by atoms with E-state index in [0.717, 1.165) is 11.3 Å². The highest BCUT2D eigenvalue weighted by Gasteiger charge is 2.16. The Bertz CT molecular complexity index is 595. The van der Waals surface area contributed by atoms with E-state index in [9.17, 15) is 13.2 Å². The summed E-state index contributed by atoms with van der Waals surface area (Å²) in [6.45, 7) is 5.76. The van der Waals surface area contributed by atoms with E-state index in [2.05, 4.69) is 10.6 Å². The van der Waals surface area contributed by atoms with E-state index in [1.807, 2.05) is 25.1 Å². The van der Waals surface area contributed by atoms with Crippen LogP contribution >= 0.6 is 0 Å². The van der Waals surface area contributed by atoms with Crippen molar-refractivity contribution in [3.63, 3.8) is 0 Å². The Morgan fingerprint density at radius 2 is 1.95 bits per heavy atom. The minimum absolute atomic E-state index is 0.148. The molecule has 5 nitrogen and oxygen atoms in total. The smallest absolute Gasteiger partial charge is 0.253 e. The van der Waals surface area contributed by atoms with Gasteiger partial charge in [-0.05, 0) is 38.8 Å². The van der Waals surface area contributed by atoms with Gasteiger partial charge >= 0.3 is 0 Å². The monoisotopic (exact) mass is 312 g/mol. The van der Waals surface area contributed by atoms with Crippen molar-refractivity contribution >= 4 is 21.4 Å². The topological polar surface area (TPSA) is 75.3 Å². The van der Waals surface area contributed by atoms with E-state index in [1.165, 1.54) is 0 Å². The first kappa shape index (κ1) is 17.5. The first-order chi connectivity index (χ1) is 9.79. The molecule has 1 aromatic rings. The number of hydrogen-bond acceptors (Lipinski definition) is 4. The quantitative estimate of drug-likeness (QED) is 0.755. The van der Waals surface area contributed by atoms with Gasteiger partial charge in [0, 0.05) is 19.3 Å². The number of amides is 1. The molecule has 21 heavy (non-hydrogen) atoms. The van der Waals surface area contributed by atoms with Crippen LogP contribution in [0, 0.1) is 6.92 Å². The minimum Gasteiger partial charge on any atom is -0.384 e. The molecule has 0 bridgehead atoms. The van der Waals surface area contributed by atoms with E-state index in [-0.39, 0.29) is 16.9 Å². The summed E-state index contributed by atoms with van der Waals surface area (Å²) in [5.74, 6) is 0.00380. The molecule has 1 rings (SSSR count). The van der Waals surface area contributed by atoms with Crippen molar-refractivity contribution in [1.29, 1.82) is 0 Å². The van der Waals surface area contributed by atoms with Crippen LogP contribution < -0.4 is 10.6 Å². The Hall–Kier alpha value is -1.56. The summed E-state index contributed by atoms with van der Waals surface area (Å²) in [4.78, 5) is 11.9. The number of hydrogen-bond donors (Lipinski definition) is 2. The summed E-state index contributed by atoms with van der Waals surface area (Å²) in [5.41, 5.74) is 2.22. The molecule has 1 amide bonds. The molecule has 0 spiro atoms. The molecule has 118 valence electrons. The summed E-state index contributed by atoms with van der Waals surface area (Å²) in [7, 11) is -1.42. The summed E-state index contributed by atoms with van der Waals surface area (Å²) in [6, 6.07) is 5.57. The summed E-state index contributed by atoms with van der Waals surface area (Å²) in [6.07, 6.45) is 0.516. The molecular weight excluding hydrogens is 288 g/mol. The van der Waals surface area contributed by atoms with Crippen molar-refractivity contribution in [2.45, 2.75) is 32.4 Å². The highest BCUT2D eigenvalue weighted by atomic mass is 32.2. The van der Waals surface area contributed by atoms with Gasteiger partial charge in [-0.3, -0.25) is 4.79 Å². The molecule has 0 aromatic heterocycles. The SMILES string of the molecule is CNC(=O)c1c(C)cccc1NCCCS(=O)(=O)C(C)C. The fourth-order valence-corrected chi connectivity index (χ4v) is 2.99. The van der Waals surface area contributed by atoms with Gasteiger partial charge in [0.2, 0.25) is 0 Å². The number of aryl methyl sites for hydroxylation is 1. The van der Waals surface area contributed by atoms with Crippen LogP contribution in [0.1, 0.15) is 36.2 Å². The lowest BCUT2D eigenvalue weighted by Crippen LogP contribution is -2.22. The Morgan fingerprint density at radius 1 is 1.29 bits per heavy atom. The molecule has 0 atom stereocenters. The van der Waals surface area contributed by atoms with Gasteiger partial charge in [-0.25, -0.2) is 8.42 Å². The van der Waals surface area contributed by atoms with Gasteiger partial charge in [-0.1, -0.05) is 12.1 Å². The largest absolute Gasteiger partial charge is 0.384 e.